The van der Waals surface area contributed by atoms with Crippen molar-refractivity contribution < 1.29 is 5.11 Å². The van der Waals surface area contributed by atoms with Crippen molar-refractivity contribution in [2.24, 2.45) is 0 Å². The number of halogens is 1. The van der Waals surface area contributed by atoms with Crippen molar-refractivity contribution in [3.8, 4) is 28.4 Å². The van der Waals surface area contributed by atoms with Crippen LogP contribution in [0.2, 0.25) is 0 Å². The molecule has 0 aliphatic rings. The van der Waals surface area contributed by atoms with E-state index in [1.54, 1.807) is 11.6 Å². The first-order valence-corrected chi connectivity index (χ1v) is 8.33. The van der Waals surface area contributed by atoms with E-state index >= 15 is 0 Å². The van der Waals surface area contributed by atoms with Crippen LogP contribution in [-0.4, -0.2) is 20.1 Å². The molecule has 0 aliphatic carbocycles. The quantitative estimate of drug-likeness (QED) is 0.530. The molecule has 108 valence electrons. The van der Waals surface area contributed by atoms with Gasteiger partial charge in [0.2, 0.25) is 0 Å². The largest absolute Gasteiger partial charge is 0.507 e. The number of H-pyrrole nitrogens is 1. The van der Waals surface area contributed by atoms with Crippen LogP contribution < -0.4 is 0 Å². The lowest BCUT2D eigenvalue weighted by molar-refractivity contribution is 0.477. The van der Waals surface area contributed by atoms with E-state index in [9.17, 15) is 5.11 Å². The van der Waals surface area contributed by atoms with Crippen molar-refractivity contribution in [3.05, 3.63) is 51.8 Å². The van der Waals surface area contributed by atoms with Gasteiger partial charge in [0.25, 0.3) is 0 Å². The molecule has 0 saturated carbocycles. The molecular formula is C16H10BrN3OS. The molecule has 0 unspecified atom stereocenters. The minimum Gasteiger partial charge on any atom is -0.507 e. The Bertz CT molecular complexity index is 930. The maximum Gasteiger partial charge on any atom is 0.142 e. The minimum atomic E-state index is 0.172. The van der Waals surface area contributed by atoms with Crippen LogP contribution in [0.5, 0.6) is 5.75 Å². The van der Waals surface area contributed by atoms with Crippen molar-refractivity contribution >= 4 is 38.3 Å². The van der Waals surface area contributed by atoms with Crippen LogP contribution in [0.1, 0.15) is 0 Å². The van der Waals surface area contributed by atoms with Crippen LogP contribution in [0.4, 0.5) is 0 Å². The molecule has 0 aliphatic heterocycles. The van der Waals surface area contributed by atoms with Crippen LogP contribution in [0.3, 0.4) is 0 Å². The van der Waals surface area contributed by atoms with Crippen molar-refractivity contribution in [1.29, 1.82) is 0 Å². The van der Waals surface area contributed by atoms with Gasteiger partial charge in [0.05, 0.1) is 27.8 Å². The lowest BCUT2D eigenvalue weighted by Crippen LogP contribution is -1.90. The predicted molar refractivity (Wildman–Crippen MR) is 92.0 cm³/mol. The molecule has 0 radical (unpaired) electrons. The first-order chi connectivity index (χ1) is 10.7. The van der Waals surface area contributed by atoms with Crippen molar-refractivity contribution in [2.75, 3.05) is 0 Å². The highest BCUT2D eigenvalue weighted by Gasteiger charge is 2.19. The second-order valence-corrected chi connectivity index (χ2v) is 6.37. The van der Waals surface area contributed by atoms with Crippen LogP contribution in [0, 0.1) is 0 Å². The zero-order chi connectivity index (χ0) is 15.1. The van der Waals surface area contributed by atoms with Gasteiger partial charge in [-0.15, -0.1) is 11.3 Å². The fraction of sp³-hybridized carbons (Fsp3) is 0. The van der Waals surface area contributed by atoms with Gasteiger partial charge in [0, 0.05) is 15.4 Å². The van der Waals surface area contributed by atoms with E-state index in [-0.39, 0.29) is 5.75 Å². The lowest BCUT2D eigenvalue weighted by atomic mass is 10.0. The van der Waals surface area contributed by atoms with Crippen molar-refractivity contribution in [2.45, 2.75) is 0 Å². The molecule has 0 fully saturated rings. The number of aromatic hydroxyl groups is 1. The second kappa shape index (κ2) is 5.23. The highest BCUT2D eigenvalue weighted by Crippen LogP contribution is 2.42. The number of hydrogen-bond donors (Lipinski definition) is 2. The van der Waals surface area contributed by atoms with Gasteiger partial charge in [0.1, 0.15) is 11.6 Å². The van der Waals surface area contributed by atoms with E-state index in [4.69, 9.17) is 0 Å². The molecule has 2 heterocycles. The van der Waals surface area contributed by atoms with E-state index in [1.165, 1.54) is 11.3 Å². The van der Waals surface area contributed by atoms with E-state index in [2.05, 4.69) is 30.9 Å². The molecule has 2 aromatic carbocycles. The van der Waals surface area contributed by atoms with Gasteiger partial charge in [0.15, 0.2) is 0 Å². The van der Waals surface area contributed by atoms with Gasteiger partial charge < -0.3 is 10.1 Å². The number of hydrogen-bond acceptors (Lipinski definition) is 4. The molecule has 0 saturated heterocycles. The van der Waals surface area contributed by atoms with Gasteiger partial charge in [-0.2, -0.15) is 0 Å². The Labute approximate surface area is 138 Å². The highest BCUT2D eigenvalue weighted by atomic mass is 79.9. The van der Waals surface area contributed by atoms with E-state index < -0.39 is 0 Å². The third kappa shape index (κ3) is 2.12. The number of nitrogens with zero attached hydrogens (tertiary/aromatic N) is 2. The molecule has 0 atom stereocenters. The van der Waals surface area contributed by atoms with E-state index in [1.807, 2.05) is 35.7 Å². The van der Waals surface area contributed by atoms with E-state index in [0.717, 1.165) is 26.8 Å². The summed E-state index contributed by atoms with van der Waals surface area (Å²) in [6, 6.07) is 11.3. The highest BCUT2D eigenvalue weighted by molar-refractivity contribution is 9.10. The monoisotopic (exact) mass is 371 g/mol. The summed E-state index contributed by atoms with van der Waals surface area (Å²) in [6.07, 6.45) is 0. The fourth-order valence-electron chi connectivity index (χ4n) is 2.46. The molecular weight excluding hydrogens is 362 g/mol. The molecule has 2 aromatic heterocycles. The molecule has 22 heavy (non-hydrogen) atoms. The number of nitrogens with one attached hydrogen (secondary N) is 1. The molecule has 4 nitrogen and oxygen atoms in total. The van der Waals surface area contributed by atoms with Gasteiger partial charge in [-0.1, -0.05) is 28.1 Å². The predicted octanol–water partition coefficient (Wildman–Crippen LogP) is 4.82. The van der Waals surface area contributed by atoms with Crippen molar-refractivity contribution in [1.82, 2.24) is 15.0 Å². The number of aromatic amines is 1. The summed E-state index contributed by atoms with van der Waals surface area (Å²) in [4.78, 5) is 12.2. The van der Waals surface area contributed by atoms with Gasteiger partial charge in [-0.3, -0.25) is 0 Å². The van der Waals surface area contributed by atoms with E-state index in [0.29, 0.717) is 11.4 Å². The number of phenols is 1. The zero-order valence-electron chi connectivity index (χ0n) is 11.2. The number of phenolic OH excluding ortho intramolecular Hbond substituents is 1. The Kier molecular flexibility index (Phi) is 3.20. The molecule has 4 rings (SSSR count). The summed E-state index contributed by atoms with van der Waals surface area (Å²) in [6.45, 7) is 0. The SMILES string of the molecule is Oc1ccc(Br)c(-c2cscn2)c1-c1nc2ccccc2[nH]1. The summed E-state index contributed by atoms with van der Waals surface area (Å²) < 4.78 is 0.867. The van der Waals surface area contributed by atoms with Crippen molar-refractivity contribution in [3.63, 3.8) is 0 Å². The average molecular weight is 372 g/mol. The average Bonchev–Trinajstić information content (AvgIpc) is 3.17. The van der Waals surface area contributed by atoms with Crippen LogP contribution in [0.15, 0.2) is 51.8 Å². The topological polar surface area (TPSA) is 61.8 Å². The third-order valence-electron chi connectivity index (χ3n) is 3.45. The van der Waals surface area contributed by atoms with Gasteiger partial charge in [-0.05, 0) is 24.3 Å². The number of aromatic nitrogens is 3. The number of para-hydroxylation sites is 2. The normalized spacial score (nSPS) is 11.1. The summed E-state index contributed by atoms with van der Waals surface area (Å²) in [5.74, 6) is 0.799. The lowest BCUT2D eigenvalue weighted by Gasteiger charge is -2.10. The Morgan fingerprint density at radius 3 is 2.73 bits per heavy atom. The summed E-state index contributed by atoms with van der Waals surface area (Å²) in [5.41, 5.74) is 5.86. The number of rotatable bonds is 2. The zero-order valence-corrected chi connectivity index (χ0v) is 13.6. The number of imidazole rings is 1. The third-order valence-corrected chi connectivity index (χ3v) is 4.69. The van der Waals surface area contributed by atoms with Crippen LogP contribution >= 0.6 is 27.3 Å². The molecule has 0 amide bonds. The number of benzene rings is 2. The molecule has 0 bridgehead atoms. The fourth-order valence-corrected chi connectivity index (χ4v) is 3.54. The standard InChI is InChI=1S/C16H10BrN3OS/c17-9-5-6-13(21)15(14(9)12-7-22-8-18-12)16-19-10-3-1-2-4-11(10)20-16/h1-8,21H,(H,19,20). The minimum absolute atomic E-state index is 0.172. The Morgan fingerprint density at radius 1 is 1.09 bits per heavy atom. The molecule has 4 aromatic rings. The van der Waals surface area contributed by atoms with Crippen LogP contribution in [0.25, 0.3) is 33.7 Å². The molecule has 0 spiro atoms. The first kappa shape index (κ1) is 13.5. The summed E-state index contributed by atoms with van der Waals surface area (Å²) in [5, 5.41) is 12.3. The smallest absolute Gasteiger partial charge is 0.142 e. The Hall–Kier alpha value is -2.18. The second-order valence-electron chi connectivity index (χ2n) is 4.79. The maximum absolute atomic E-state index is 10.4. The number of thiazole rings is 1. The molecule has 2 N–H and O–H groups in total. The Morgan fingerprint density at radius 2 is 1.95 bits per heavy atom. The van der Waals surface area contributed by atoms with Gasteiger partial charge in [-0.25, -0.2) is 9.97 Å². The summed E-state index contributed by atoms with van der Waals surface area (Å²) >= 11 is 5.07. The molecule has 6 heteroatoms. The number of fused-ring (bicyclic) bond motifs is 1. The summed E-state index contributed by atoms with van der Waals surface area (Å²) in [7, 11) is 0. The first-order valence-electron chi connectivity index (χ1n) is 6.59. The van der Waals surface area contributed by atoms with Gasteiger partial charge >= 0.3 is 0 Å². The van der Waals surface area contributed by atoms with Crippen LogP contribution in [-0.2, 0) is 0 Å². The maximum atomic E-state index is 10.4. The Balaban J connectivity index is 2.03.